The largest absolute Gasteiger partial charge is 0.481 e. The zero-order valence-corrected chi connectivity index (χ0v) is 10.2. The van der Waals surface area contributed by atoms with Gasteiger partial charge in [-0.3, -0.25) is 9.59 Å². The van der Waals surface area contributed by atoms with Crippen LogP contribution in [0.15, 0.2) is 30.7 Å². The summed E-state index contributed by atoms with van der Waals surface area (Å²) in [5.41, 5.74) is 1.60. The fourth-order valence-corrected chi connectivity index (χ4v) is 2.14. The van der Waals surface area contributed by atoms with E-state index in [-0.39, 0.29) is 11.7 Å². The van der Waals surface area contributed by atoms with E-state index in [2.05, 4.69) is 4.98 Å². The number of nitrogens with zero attached hydrogens (tertiary/aromatic N) is 2. The van der Waals surface area contributed by atoms with Crippen molar-refractivity contribution in [3.63, 3.8) is 0 Å². The lowest BCUT2D eigenvalue weighted by molar-refractivity contribution is -0.146. The highest BCUT2D eigenvalue weighted by molar-refractivity contribution is 5.97. The van der Waals surface area contributed by atoms with Crippen molar-refractivity contribution in [1.29, 1.82) is 0 Å². The van der Waals surface area contributed by atoms with Crippen molar-refractivity contribution < 1.29 is 14.7 Å². The lowest BCUT2D eigenvalue weighted by Crippen LogP contribution is -2.27. The Morgan fingerprint density at radius 3 is 2.72 bits per heavy atom. The molecule has 0 amide bonds. The second kappa shape index (κ2) is 4.60. The van der Waals surface area contributed by atoms with Gasteiger partial charge in [0.2, 0.25) is 0 Å². The van der Waals surface area contributed by atoms with Gasteiger partial charge in [0.1, 0.15) is 17.3 Å². The monoisotopic (exact) mass is 246 g/mol. The van der Waals surface area contributed by atoms with E-state index >= 15 is 0 Å². The van der Waals surface area contributed by atoms with Crippen molar-refractivity contribution in [3.8, 4) is 0 Å². The molecular formula is C13H14N2O3. The molecule has 2 atom stereocenters. The molecule has 0 aliphatic carbocycles. The standard InChI is InChI=1S/C13H14N2O3/c1-8(12(9(2)16)13(17)18)10-3-4-11-14-5-6-15(11)7-10/h3-8,12H,1-2H3,(H,17,18). The van der Waals surface area contributed by atoms with Gasteiger partial charge in [0.05, 0.1) is 0 Å². The van der Waals surface area contributed by atoms with E-state index in [4.69, 9.17) is 5.11 Å². The smallest absolute Gasteiger partial charge is 0.314 e. The van der Waals surface area contributed by atoms with Crippen LogP contribution in [0.5, 0.6) is 0 Å². The molecule has 0 aromatic carbocycles. The van der Waals surface area contributed by atoms with E-state index in [0.29, 0.717) is 0 Å². The first kappa shape index (κ1) is 12.3. The molecule has 0 saturated carbocycles. The predicted octanol–water partition coefficient (Wildman–Crippen LogP) is 1.73. The van der Waals surface area contributed by atoms with Gasteiger partial charge in [0.25, 0.3) is 0 Å². The van der Waals surface area contributed by atoms with Gasteiger partial charge >= 0.3 is 5.97 Å². The van der Waals surface area contributed by atoms with E-state index in [1.807, 2.05) is 22.7 Å². The molecule has 0 spiro atoms. The van der Waals surface area contributed by atoms with Crippen LogP contribution in [0, 0.1) is 5.92 Å². The molecule has 5 nitrogen and oxygen atoms in total. The number of hydrogen-bond donors (Lipinski definition) is 1. The third-order valence-corrected chi connectivity index (χ3v) is 3.14. The average molecular weight is 246 g/mol. The fraction of sp³-hybridized carbons (Fsp3) is 0.308. The minimum Gasteiger partial charge on any atom is -0.481 e. The van der Waals surface area contributed by atoms with E-state index in [1.54, 1.807) is 19.3 Å². The fourth-order valence-electron chi connectivity index (χ4n) is 2.14. The van der Waals surface area contributed by atoms with Crippen molar-refractivity contribution in [3.05, 3.63) is 36.3 Å². The van der Waals surface area contributed by atoms with Crippen LogP contribution in [0.4, 0.5) is 0 Å². The van der Waals surface area contributed by atoms with E-state index < -0.39 is 11.9 Å². The number of carbonyl (C=O) groups excluding carboxylic acids is 1. The normalized spacial score (nSPS) is 14.3. The summed E-state index contributed by atoms with van der Waals surface area (Å²) in [6.45, 7) is 3.06. The van der Waals surface area contributed by atoms with Gasteiger partial charge < -0.3 is 9.51 Å². The first-order chi connectivity index (χ1) is 8.50. The van der Waals surface area contributed by atoms with Crippen molar-refractivity contribution in [1.82, 2.24) is 9.38 Å². The Hall–Kier alpha value is -2.17. The van der Waals surface area contributed by atoms with Gasteiger partial charge in [-0.2, -0.15) is 0 Å². The molecule has 2 aromatic rings. The quantitative estimate of drug-likeness (QED) is 0.834. The number of rotatable bonds is 4. The van der Waals surface area contributed by atoms with E-state index in [1.165, 1.54) is 6.92 Å². The number of Topliss-reactive ketones (excluding diaryl/α,β-unsaturated/α-hetero) is 1. The zero-order chi connectivity index (χ0) is 13.3. The second-order valence-electron chi connectivity index (χ2n) is 4.37. The summed E-state index contributed by atoms with van der Waals surface area (Å²) in [6, 6.07) is 3.62. The summed E-state index contributed by atoms with van der Waals surface area (Å²) in [5, 5.41) is 9.11. The molecule has 0 radical (unpaired) electrons. The molecule has 0 fully saturated rings. The number of carboxylic acids is 1. The SMILES string of the molecule is CC(=O)C(C(=O)O)C(C)c1ccc2nccn2c1. The third kappa shape index (κ3) is 2.11. The minimum atomic E-state index is -1.08. The lowest BCUT2D eigenvalue weighted by atomic mass is 9.86. The third-order valence-electron chi connectivity index (χ3n) is 3.14. The van der Waals surface area contributed by atoms with Crippen LogP contribution in [0.3, 0.4) is 0 Å². The number of pyridine rings is 1. The van der Waals surface area contributed by atoms with Crippen LogP contribution >= 0.6 is 0 Å². The number of ketones is 1. The molecule has 0 aliphatic heterocycles. The van der Waals surface area contributed by atoms with Crippen molar-refractivity contribution >= 4 is 17.4 Å². The van der Waals surface area contributed by atoms with Gasteiger partial charge in [-0.25, -0.2) is 4.98 Å². The maximum atomic E-state index is 11.4. The maximum absolute atomic E-state index is 11.4. The Bertz CT molecular complexity index is 589. The molecule has 1 N–H and O–H groups in total. The van der Waals surface area contributed by atoms with Crippen LogP contribution < -0.4 is 0 Å². The van der Waals surface area contributed by atoms with Crippen LogP contribution in [0.25, 0.3) is 5.65 Å². The van der Waals surface area contributed by atoms with Gasteiger partial charge in [-0.15, -0.1) is 0 Å². The van der Waals surface area contributed by atoms with Crippen molar-refractivity contribution in [2.75, 3.05) is 0 Å². The minimum absolute atomic E-state index is 0.333. The van der Waals surface area contributed by atoms with Crippen LogP contribution in [-0.4, -0.2) is 26.2 Å². The zero-order valence-electron chi connectivity index (χ0n) is 10.2. The highest BCUT2D eigenvalue weighted by atomic mass is 16.4. The second-order valence-corrected chi connectivity index (χ2v) is 4.37. The number of imidazole rings is 1. The Balaban J connectivity index is 2.39. The lowest BCUT2D eigenvalue weighted by Gasteiger charge is -2.18. The Labute approximate surface area is 104 Å². The number of aromatic nitrogens is 2. The highest BCUT2D eigenvalue weighted by Crippen LogP contribution is 2.25. The molecule has 18 heavy (non-hydrogen) atoms. The molecule has 2 aromatic heterocycles. The molecule has 0 saturated heterocycles. The van der Waals surface area contributed by atoms with Crippen LogP contribution in [0.1, 0.15) is 25.3 Å². The Morgan fingerprint density at radius 1 is 1.39 bits per heavy atom. The topological polar surface area (TPSA) is 71.7 Å². The Morgan fingerprint density at radius 2 is 2.11 bits per heavy atom. The summed E-state index contributed by atoms with van der Waals surface area (Å²) in [6.07, 6.45) is 5.27. The van der Waals surface area contributed by atoms with E-state index in [0.717, 1.165) is 11.2 Å². The average Bonchev–Trinajstić information content (AvgIpc) is 2.74. The number of fused-ring (bicyclic) bond motifs is 1. The summed E-state index contributed by atoms with van der Waals surface area (Å²) in [4.78, 5) is 26.7. The van der Waals surface area contributed by atoms with E-state index in [9.17, 15) is 9.59 Å². The number of aliphatic carboxylic acids is 1. The van der Waals surface area contributed by atoms with Gasteiger partial charge in [-0.1, -0.05) is 13.0 Å². The predicted molar refractivity (Wildman–Crippen MR) is 65.4 cm³/mol. The summed E-state index contributed by atoms with van der Waals surface area (Å²) in [7, 11) is 0. The molecular weight excluding hydrogens is 232 g/mol. The number of carbonyl (C=O) groups is 2. The van der Waals surface area contributed by atoms with Gasteiger partial charge in [-0.05, 0) is 18.6 Å². The van der Waals surface area contributed by atoms with Crippen molar-refractivity contribution in [2.45, 2.75) is 19.8 Å². The first-order valence-electron chi connectivity index (χ1n) is 5.66. The Kier molecular flexibility index (Phi) is 3.14. The molecule has 2 unspecified atom stereocenters. The number of hydrogen-bond acceptors (Lipinski definition) is 3. The summed E-state index contributed by atoms with van der Waals surface area (Å²) in [5.74, 6) is -2.79. The van der Waals surface area contributed by atoms with Gasteiger partial charge in [0, 0.05) is 24.5 Å². The van der Waals surface area contributed by atoms with Crippen LogP contribution in [-0.2, 0) is 9.59 Å². The molecule has 0 aliphatic rings. The van der Waals surface area contributed by atoms with Crippen LogP contribution in [0.2, 0.25) is 0 Å². The highest BCUT2D eigenvalue weighted by Gasteiger charge is 2.30. The molecule has 94 valence electrons. The molecule has 5 heteroatoms. The molecule has 0 bridgehead atoms. The summed E-state index contributed by atoms with van der Waals surface area (Å²) < 4.78 is 1.81. The number of carboxylic acid groups (broad SMARTS) is 1. The molecule has 2 heterocycles. The molecule has 2 rings (SSSR count). The maximum Gasteiger partial charge on any atom is 0.314 e. The van der Waals surface area contributed by atoms with Gasteiger partial charge in [0.15, 0.2) is 0 Å². The summed E-state index contributed by atoms with van der Waals surface area (Å²) >= 11 is 0. The first-order valence-corrected chi connectivity index (χ1v) is 5.66. The van der Waals surface area contributed by atoms with Crippen molar-refractivity contribution in [2.24, 2.45) is 5.92 Å².